The van der Waals surface area contributed by atoms with E-state index in [1.54, 1.807) is 6.33 Å². The summed E-state index contributed by atoms with van der Waals surface area (Å²) < 4.78 is 0. The molecule has 35 heavy (non-hydrogen) atoms. The van der Waals surface area contributed by atoms with E-state index in [-0.39, 0.29) is 11.8 Å². The first-order valence-electron chi connectivity index (χ1n) is 12.4. The maximum absolute atomic E-state index is 12.8. The second-order valence-electron chi connectivity index (χ2n) is 9.37. The largest absolute Gasteiger partial charge is 0.352 e. The zero-order chi connectivity index (χ0) is 23.8. The van der Waals surface area contributed by atoms with Crippen LogP contribution in [0.25, 0.3) is 10.2 Å². The quantitative estimate of drug-likeness (QED) is 0.526. The lowest BCUT2D eigenvalue weighted by molar-refractivity contribution is -0.128. The molecule has 0 radical (unpaired) electrons. The molecule has 2 aliphatic heterocycles. The first-order chi connectivity index (χ1) is 17.2. The Labute approximate surface area is 213 Å². The van der Waals surface area contributed by atoms with Gasteiger partial charge in [0, 0.05) is 43.3 Å². The van der Waals surface area contributed by atoms with Crippen molar-refractivity contribution in [1.82, 2.24) is 14.9 Å². The number of fused-ring (bicyclic) bond motifs is 4. The minimum absolute atomic E-state index is 0.0874. The highest BCUT2D eigenvalue weighted by atomic mass is 32.2. The van der Waals surface area contributed by atoms with Crippen LogP contribution in [0.2, 0.25) is 0 Å². The number of nitrogens with zero attached hydrogens (tertiary/aromatic N) is 5. The molecule has 1 aromatic carbocycles. The number of carbonyl (C=O) groups excluding carboxylic acids is 2. The zero-order valence-electron chi connectivity index (χ0n) is 19.7. The number of aryl methyl sites for hydroxylation is 2. The lowest BCUT2D eigenvalue weighted by atomic mass is 9.97. The van der Waals surface area contributed by atoms with Crippen molar-refractivity contribution in [2.24, 2.45) is 0 Å². The Morgan fingerprint density at radius 2 is 1.71 bits per heavy atom. The first-order valence-corrected chi connectivity index (χ1v) is 14.4. The molecule has 6 rings (SSSR count). The average Bonchev–Trinajstić information content (AvgIpc) is 3.50. The fraction of sp³-hybridized carbons (Fsp3) is 0.462. The van der Waals surface area contributed by atoms with Gasteiger partial charge in [0.05, 0.1) is 16.9 Å². The normalized spacial score (nSPS) is 17.5. The fourth-order valence-corrected chi connectivity index (χ4v) is 7.49. The minimum Gasteiger partial charge on any atom is -0.352 e. The van der Waals surface area contributed by atoms with Crippen LogP contribution in [-0.2, 0) is 28.9 Å². The molecule has 9 heteroatoms. The summed E-state index contributed by atoms with van der Waals surface area (Å²) in [5.41, 5.74) is 3.70. The van der Waals surface area contributed by atoms with E-state index in [0.29, 0.717) is 24.6 Å². The molecule has 3 aliphatic rings. The number of thiophene rings is 1. The Hall–Kier alpha value is -2.65. The number of carbonyl (C=O) groups is 2. The van der Waals surface area contributed by atoms with E-state index in [1.807, 2.05) is 39.3 Å². The van der Waals surface area contributed by atoms with Crippen molar-refractivity contribution in [2.75, 3.05) is 54.0 Å². The highest BCUT2D eigenvalue weighted by Crippen LogP contribution is 2.39. The number of thioether (sulfide) groups is 1. The summed E-state index contributed by atoms with van der Waals surface area (Å²) in [6, 6.07) is 8.08. The number of hydrogen-bond acceptors (Lipinski definition) is 7. The Morgan fingerprint density at radius 1 is 0.914 bits per heavy atom. The monoisotopic (exact) mass is 507 g/mol. The molecule has 7 nitrogen and oxygen atoms in total. The maximum atomic E-state index is 12.8. The molecule has 2 amide bonds. The topological polar surface area (TPSA) is 69.6 Å². The van der Waals surface area contributed by atoms with E-state index in [2.05, 4.69) is 20.9 Å². The number of aromatic nitrogens is 2. The van der Waals surface area contributed by atoms with Crippen molar-refractivity contribution in [3.05, 3.63) is 46.6 Å². The molecule has 0 saturated carbocycles. The van der Waals surface area contributed by atoms with Crippen LogP contribution in [0.1, 0.15) is 28.8 Å². The number of benzene rings is 1. The second-order valence-corrected chi connectivity index (χ2v) is 11.4. The summed E-state index contributed by atoms with van der Waals surface area (Å²) >= 11 is 3.25. The summed E-state index contributed by atoms with van der Waals surface area (Å²) in [6.07, 6.45) is 7.36. The van der Waals surface area contributed by atoms with Crippen LogP contribution in [0.4, 0.5) is 11.5 Å². The van der Waals surface area contributed by atoms with E-state index < -0.39 is 0 Å². The predicted molar refractivity (Wildman–Crippen MR) is 143 cm³/mol. The van der Waals surface area contributed by atoms with Gasteiger partial charge in [-0.3, -0.25) is 9.59 Å². The molecule has 0 unspecified atom stereocenters. The van der Waals surface area contributed by atoms with Crippen LogP contribution >= 0.6 is 23.1 Å². The van der Waals surface area contributed by atoms with Crippen molar-refractivity contribution in [2.45, 2.75) is 32.1 Å². The first kappa shape index (κ1) is 22.8. The van der Waals surface area contributed by atoms with Gasteiger partial charge in [0.25, 0.3) is 0 Å². The molecular formula is C26H29N5O2S2. The van der Waals surface area contributed by atoms with Gasteiger partial charge in [0.2, 0.25) is 11.8 Å². The standard InChI is InChI=1S/C26H29N5O2S2/c32-22(15-34-16-23(33)31-10-9-18-5-1-3-7-20(18)31)29-11-13-30(14-12-29)25-24-19-6-2-4-8-21(19)35-26(24)28-17-27-25/h1,3,5,7,17H,2,4,6,8-16H2. The zero-order valence-corrected chi connectivity index (χ0v) is 21.4. The molecule has 3 aromatic rings. The van der Waals surface area contributed by atoms with Crippen molar-refractivity contribution < 1.29 is 9.59 Å². The highest BCUT2D eigenvalue weighted by Gasteiger charge is 2.27. The van der Waals surface area contributed by atoms with E-state index in [4.69, 9.17) is 0 Å². The third-order valence-corrected chi connectivity index (χ3v) is 9.40. The van der Waals surface area contributed by atoms with Gasteiger partial charge in [0.1, 0.15) is 17.0 Å². The van der Waals surface area contributed by atoms with Gasteiger partial charge in [-0.25, -0.2) is 9.97 Å². The van der Waals surface area contributed by atoms with Crippen LogP contribution in [0.5, 0.6) is 0 Å². The Balaban J connectivity index is 1.03. The Morgan fingerprint density at radius 3 is 2.60 bits per heavy atom. The fourth-order valence-electron chi connectivity index (χ4n) is 5.47. The Kier molecular flexibility index (Phi) is 6.37. The number of rotatable bonds is 5. The van der Waals surface area contributed by atoms with E-state index in [9.17, 15) is 9.59 Å². The molecule has 1 fully saturated rings. The summed E-state index contributed by atoms with van der Waals surface area (Å²) in [7, 11) is 0. The van der Waals surface area contributed by atoms with Gasteiger partial charge in [-0.05, 0) is 49.3 Å². The van der Waals surface area contributed by atoms with Crippen molar-refractivity contribution in [3.8, 4) is 0 Å². The summed E-state index contributed by atoms with van der Waals surface area (Å²) in [5, 5.41) is 1.24. The SMILES string of the molecule is O=C(CSCC(=O)N1CCc2ccccc21)N1CCN(c2ncnc3sc4c(c23)CCCC4)CC1. The molecule has 1 saturated heterocycles. The van der Waals surface area contributed by atoms with E-state index in [1.165, 1.54) is 46.0 Å². The summed E-state index contributed by atoms with van der Waals surface area (Å²) in [4.78, 5) is 43.5. The number of hydrogen-bond donors (Lipinski definition) is 0. The molecule has 4 heterocycles. The number of para-hydroxylation sites is 1. The van der Waals surface area contributed by atoms with Crippen molar-refractivity contribution in [1.29, 1.82) is 0 Å². The molecular weight excluding hydrogens is 478 g/mol. The molecule has 0 N–H and O–H groups in total. The third-order valence-electron chi connectivity index (χ3n) is 7.30. The van der Waals surface area contributed by atoms with Crippen molar-refractivity contribution >= 4 is 56.6 Å². The lowest BCUT2D eigenvalue weighted by Gasteiger charge is -2.35. The van der Waals surface area contributed by atoms with Crippen LogP contribution in [-0.4, -0.2) is 70.9 Å². The number of amides is 2. The van der Waals surface area contributed by atoms with Gasteiger partial charge >= 0.3 is 0 Å². The third kappa shape index (κ3) is 4.40. The molecule has 0 bridgehead atoms. The van der Waals surface area contributed by atoms with Gasteiger partial charge in [-0.1, -0.05) is 18.2 Å². The number of piperazine rings is 1. The Bertz CT molecular complexity index is 1270. The van der Waals surface area contributed by atoms with Crippen LogP contribution in [0.15, 0.2) is 30.6 Å². The molecule has 2 aromatic heterocycles. The maximum Gasteiger partial charge on any atom is 0.237 e. The summed E-state index contributed by atoms with van der Waals surface area (Å²) in [5.74, 6) is 1.92. The highest BCUT2D eigenvalue weighted by molar-refractivity contribution is 8.00. The molecule has 1 aliphatic carbocycles. The molecule has 0 atom stereocenters. The van der Waals surface area contributed by atoms with Gasteiger partial charge < -0.3 is 14.7 Å². The lowest BCUT2D eigenvalue weighted by Crippen LogP contribution is -2.49. The van der Waals surface area contributed by atoms with Crippen LogP contribution in [0, 0.1) is 0 Å². The van der Waals surface area contributed by atoms with Crippen LogP contribution in [0.3, 0.4) is 0 Å². The average molecular weight is 508 g/mol. The number of anilines is 2. The second kappa shape index (κ2) is 9.78. The van der Waals surface area contributed by atoms with Gasteiger partial charge in [-0.15, -0.1) is 23.1 Å². The van der Waals surface area contributed by atoms with Crippen molar-refractivity contribution in [3.63, 3.8) is 0 Å². The minimum atomic E-state index is 0.0874. The molecule has 182 valence electrons. The van der Waals surface area contributed by atoms with Gasteiger partial charge in [-0.2, -0.15) is 0 Å². The predicted octanol–water partition coefficient (Wildman–Crippen LogP) is 3.54. The van der Waals surface area contributed by atoms with E-state index >= 15 is 0 Å². The summed E-state index contributed by atoms with van der Waals surface area (Å²) in [6.45, 7) is 3.65. The smallest absolute Gasteiger partial charge is 0.237 e. The van der Waals surface area contributed by atoms with Crippen LogP contribution < -0.4 is 9.80 Å². The van der Waals surface area contributed by atoms with E-state index in [0.717, 1.165) is 55.2 Å². The molecule has 0 spiro atoms. The van der Waals surface area contributed by atoms with Gasteiger partial charge in [0.15, 0.2) is 0 Å².